The van der Waals surface area contributed by atoms with Crippen LogP contribution in [-0.2, 0) is 4.79 Å². The normalized spacial score (nSPS) is 12.8. The first-order valence-corrected chi connectivity index (χ1v) is 7.72. The standard InChI is InChI=1S/C17H18FNOS/c1-12(2)17(13-5-7-14(18)8-6-13)19-16(20)10-9-15-4-3-11-21-15/h3-12,17H,1-2H3,(H,19,20)/b10-9+/t17-/m1/s1. The molecule has 0 radical (unpaired) electrons. The molecule has 4 heteroatoms. The van der Waals surface area contributed by atoms with Crippen LogP contribution in [0.3, 0.4) is 0 Å². The molecule has 2 rings (SSSR count). The first kappa shape index (κ1) is 15.4. The number of amides is 1. The summed E-state index contributed by atoms with van der Waals surface area (Å²) in [5.74, 6) is -0.203. The number of hydrogen-bond acceptors (Lipinski definition) is 2. The van der Waals surface area contributed by atoms with Crippen LogP contribution in [0, 0.1) is 11.7 Å². The van der Waals surface area contributed by atoms with Crippen molar-refractivity contribution in [3.63, 3.8) is 0 Å². The Balaban J connectivity index is 2.06. The van der Waals surface area contributed by atoms with Crippen LogP contribution in [-0.4, -0.2) is 5.91 Å². The molecule has 2 nitrogen and oxygen atoms in total. The maximum Gasteiger partial charge on any atom is 0.244 e. The lowest BCUT2D eigenvalue weighted by Gasteiger charge is -2.22. The number of nitrogens with one attached hydrogen (secondary N) is 1. The minimum absolute atomic E-state index is 0.133. The third-order valence-electron chi connectivity index (χ3n) is 3.14. The van der Waals surface area contributed by atoms with Gasteiger partial charge in [-0.25, -0.2) is 4.39 Å². The predicted molar refractivity (Wildman–Crippen MR) is 85.5 cm³/mol. The fraction of sp³-hybridized carbons (Fsp3) is 0.235. The highest BCUT2D eigenvalue weighted by Gasteiger charge is 2.17. The van der Waals surface area contributed by atoms with Gasteiger partial charge in [0.2, 0.25) is 5.91 Å². The van der Waals surface area contributed by atoms with E-state index in [0.29, 0.717) is 0 Å². The van der Waals surface area contributed by atoms with Crippen molar-refractivity contribution >= 4 is 23.3 Å². The Morgan fingerprint density at radius 3 is 2.52 bits per heavy atom. The van der Waals surface area contributed by atoms with Gasteiger partial charge in [-0.05, 0) is 41.1 Å². The van der Waals surface area contributed by atoms with E-state index >= 15 is 0 Å². The Morgan fingerprint density at radius 1 is 1.24 bits per heavy atom. The second-order valence-electron chi connectivity index (χ2n) is 5.13. The van der Waals surface area contributed by atoms with E-state index in [0.717, 1.165) is 10.4 Å². The van der Waals surface area contributed by atoms with E-state index in [-0.39, 0.29) is 23.7 Å². The third kappa shape index (κ3) is 4.53. The van der Waals surface area contributed by atoms with E-state index in [1.165, 1.54) is 18.2 Å². The third-order valence-corrected chi connectivity index (χ3v) is 3.97. The van der Waals surface area contributed by atoms with Gasteiger partial charge in [-0.1, -0.05) is 32.0 Å². The van der Waals surface area contributed by atoms with Gasteiger partial charge >= 0.3 is 0 Å². The van der Waals surface area contributed by atoms with E-state index in [9.17, 15) is 9.18 Å². The van der Waals surface area contributed by atoms with Crippen molar-refractivity contribution in [1.29, 1.82) is 0 Å². The molecule has 21 heavy (non-hydrogen) atoms. The number of hydrogen-bond donors (Lipinski definition) is 1. The maximum atomic E-state index is 13.0. The lowest BCUT2D eigenvalue weighted by molar-refractivity contribution is -0.117. The number of rotatable bonds is 5. The van der Waals surface area contributed by atoms with Crippen LogP contribution in [0.15, 0.2) is 47.9 Å². The number of carbonyl (C=O) groups is 1. The van der Waals surface area contributed by atoms with E-state index < -0.39 is 0 Å². The number of benzene rings is 1. The molecule has 1 amide bonds. The van der Waals surface area contributed by atoms with Crippen molar-refractivity contribution in [3.05, 3.63) is 64.1 Å². The van der Waals surface area contributed by atoms with Gasteiger partial charge in [0.25, 0.3) is 0 Å². The fourth-order valence-corrected chi connectivity index (χ4v) is 2.67. The Kier molecular flexibility index (Phi) is 5.28. The molecule has 0 aliphatic heterocycles. The van der Waals surface area contributed by atoms with Gasteiger partial charge in [0, 0.05) is 11.0 Å². The largest absolute Gasteiger partial charge is 0.345 e. The van der Waals surface area contributed by atoms with Crippen molar-refractivity contribution in [2.45, 2.75) is 19.9 Å². The maximum absolute atomic E-state index is 13.0. The molecular formula is C17H18FNOS. The number of carbonyl (C=O) groups excluding carboxylic acids is 1. The summed E-state index contributed by atoms with van der Waals surface area (Å²) in [7, 11) is 0. The summed E-state index contributed by atoms with van der Waals surface area (Å²) < 4.78 is 13.0. The van der Waals surface area contributed by atoms with Gasteiger partial charge in [0.1, 0.15) is 5.82 Å². The molecule has 0 unspecified atom stereocenters. The second kappa shape index (κ2) is 7.18. The molecule has 0 spiro atoms. The first-order valence-electron chi connectivity index (χ1n) is 6.84. The van der Waals surface area contributed by atoms with Gasteiger partial charge in [0.15, 0.2) is 0 Å². The van der Waals surface area contributed by atoms with Gasteiger partial charge in [0.05, 0.1) is 6.04 Å². The van der Waals surface area contributed by atoms with E-state index in [4.69, 9.17) is 0 Å². The zero-order chi connectivity index (χ0) is 15.2. The summed E-state index contributed by atoms with van der Waals surface area (Å²) >= 11 is 1.58. The van der Waals surface area contributed by atoms with Crippen molar-refractivity contribution in [3.8, 4) is 0 Å². The predicted octanol–water partition coefficient (Wildman–Crippen LogP) is 4.41. The molecule has 1 N–H and O–H groups in total. The van der Waals surface area contributed by atoms with Crippen LogP contribution in [0.1, 0.15) is 30.3 Å². The average molecular weight is 303 g/mol. The Labute approximate surface area is 128 Å². The topological polar surface area (TPSA) is 29.1 Å². The van der Waals surface area contributed by atoms with E-state index in [2.05, 4.69) is 5.32 Å². The summed E-state index contributed by atoms with van der Waals surface area (Å²) in [5.41, 5.74) is 0.907. The molecule has 0 saturated heterocycles. The molecule has 0 fully saturated rings. The Bertz CT molecular complexity index is 602. The zero-order valence-electron chi connectivity index (χ0n) is 12.0. The van der Waals surface area contributed by atoms with Gasteiger partial charge in [-0.15, -0.1) is 11.3 Å². The highest BCUT2D eigenvalue weighted by molar-refractivity contribution is 7.10. The van der Waals surface area contributed by atoms with Crippen LogP contribution in [0.2, 0.25) is 0 Å². The van der Waals surface area contributed by atoms with Crippen molar-refractivity contribution < 1.29 is 9.18 Å². The molecule has 0 saturated carbocycles. The Hall–Kier alpha value is -1.94. The lowest BCUT2D eigenvalue weighted by Crippen LogP contribution is -2.30. The minimum atomic E-state index is -0.273. The average Bonchev–Trinajstić information content (AvgIpc) is 2.97. The monoisotopic (exact) mass is 303 g/mol. The van der Waals surface area contributed by atoms with Crippen LogP contribution >= 0.6 is 11.3 Å². The van der Waals surface area contributed by atoms with Crippen LogP contribution < -0.4 is 5.32 Å². The molecule has 0 bridgehead atoms. The minimum Gasteiger partial charge on any atom is -0.345 e. The van der Waals surface area contributed by atoms with Crippen LogP contribution in [0.4, 0.5) is 4.39 Å². The van der Waals surface area contributed by atoms with Crippen molar-refractivity contribution in [2.75, 3.05) is 0 Å². The van der Waals surface area contributed by atoms with Gasteiger partial charge in [-0.2, -0.15) is 0 Å². The number of halogens is 1. The molecule has 0 aliphatic rings. The zero-order valence-corrected chi connectivity index (χ0v) is 12.9. The molecule has 1 aromatic carbocycles. The molecule has 1 aromatic heterocycles. The summed E-state index contributed by atoms with van der Waals surface area (Å²) in [5, 5.41) is 4.94. The summed E-state index contributed by atoms with van der Waals surface area (Å²) in [4.78, 5) is 13.1. The highest BCUT2D eigenvalue weighted by atomic mass is 32.1. The van der Waals surface area contributed by atoms with E-state index in [1.807, 2.05) is 31.4 Å². The smallest absolute Gasteiger partial charge is 0.244 e. The molecular weight excluding hydrogens is 285 g/mol. The lowest BCUT2D eigenvalue weighted by atomic mass is 9.96. The highest BCUT2D eigenvalue weighted by Crippen LogP contribution is 2.22. The molecule has 0 aliphatic carbocycles. The summed E-state index contributed by atoms with van der Waals surface area (Å²) in [6.45, 7) is 4.05. The van der Waals surface area contributed by atoms with Crippen molar-refractivity contribution in [1.82, 2.24) is 5.32 Å². The molecule has 2 aromatic rings. The quantitative estimate of drug-likeness (QED) is 0.814. The fourth-order valence-electron chi connectivity index (χ4n) is 2.05. The number of thiophene rings is 1. The molecule has 1 heterocycles. The summed E-state index contributed by atoms with van der Waals surface area (Å²) in [6, 6.07) is 10.0. The Morgan fingerprint density at radius 2 is 1.95 bits per heavy atom. The first-order chi connectivity index (χ1) is 10.1. The van der Waals surface area contributed by atoms with Crippen LogP contribution in [0.25, 0.3) is 6.08 Å². The van der Waals surface area contributed by atoms with Gasteiger partial charge < -0.3 is 5.32 Å². The molecule has 1 atom stereocenters. The van der Waals surface area contributed by atoms with Crippen LogP contribution in [0.5, 0.6) is 0 Å². The van der Waals surface area contributed by atoms with E-state index in [1.54, 1.807) is 29.5 Å². The summed E-state index contributed by atoms with van der Waals surface area (Å²) in [6.07, 6.45) is 3.33. The van der Waals surface area contributed by atoms with Gasteiger partial charge in [-0.3, -0.25) is 4.79 Å². The second-order valence-corrected chi connectivity index (χ2v) is 6.11. The van der Waals surface area contributed by atoms with Crippen molar-refractivity contribution in [2.24, 2.45) is 5.92 Å². The SMILES string of the molecule is CC(C)[C@@H](NC(=O)/C=C/c1cccs1)c1ccc(F)cc1. The molecule has 110 valence electrons.